The average molecular weight is 289 g/mol. The van der Waals surface area contributed by atoms with Crippen LogP contribution in [-0.4, -0.2) is 13.7 Å². The molecule has 0 aliphatic rings. The van der Waals surface area contributed by atoms with E-state index in [-0.39, 0.29) is 0 Å². The lowest BCUT2D eigenvalue weighted by Gasteiger charge is -2.22. The monoisotopic (exact) mass is 289 g/mol. The molecule has 3 heteroatoms. The second-order valence-electron chi connectivity index (χ2n) is 5.08. The minimum absolute atomic E-state index is 0.295. The van der Waals surface area contributed by atoms with Crippen molar-refractivity contribution >= 4 is 11.3 Å². The standard InChI is InChI=1S/C17H23NOS/c1-5-18-16(10-14-8-9-20-11-14)15-7-6-12(2)13(3)17(15)19-4/h6-9,11,16,18H,5,10H2,1-4H3. The molecular weight excluding hydrogens is 266 g/mol. The van der Waals surface area contributed by atoms with Gasteiger partial charge >= 0.3 is 0 Å². The molecule has 1 N–H and O–H groups in total. The van der Waals surface area contributed by atoms with Gasteiger partial charge in [0.15, 0.2) is 0 Å². The molecule has 0 aliphatic heterocycles. The van der Waals surface area contributed by atoms with Crippen LogP contribution < -0.4 is 10.1 Å². The molecule has 0 aliphatic carbocycles. The zero-order valence-electron chi connectivity index (χ0n) is 12.7. The summed E-state index contributed by atoms with van der Waals surface area (Å²) in [5.41, 5.74) is 5.14. The number of rotatable bonds is 6. The summed E-state index contributed by atoms with van der Waals surface area (Å²) < 4.78 is 5.67. The van der Waals surface area contributed by atoms with Gasteiger partial charge in [0.05, 0.1) is 7.11 Å². The number of hydrogen-bond acceptors (Lipinski definition) is 3. The number of likely N-dealkylation sites (N-methyl/N-ethyl adjacent to an activating group) is 1. The van der Waals surface area contributed by atoms with E-state index < -0.39 is 0 Å². The number of aryl methyl sites for hydroxylation is 1. The van der Waals surface area contributed by atoms with Crippen molar-refractivity contribution in [2.24, 2.45) is 0 Å². The van der Waals surface area contributed by atoms with Gasteiger partial charge in [-0.25, -0.2) is 0 Å². The van der Waals surface area contributed by atoms with E-state index in [1.807, 2.05) is 0 Å². The zero-order chi connectivity index (χ0) is 14.5. The Morgan fingerprint density at radius 2 is 2.05 bits per heavy atom. The van der Waals surface area contributed by atoms with Crippen molar-refractivity contribution in [1.82, 2.24) is 5.32 Å². The van der Waals surface area contributed by atoms with Crippen LogP contribution in [0.3, 0.4) is 0 Å². The van der Waals surface area contributed by atoms with Gasteiger partial charge in [0.2, 0.25) is 0 Å². The number of ether oxygens (including phenoxy) is 1. The molecule has 1 heterocycles. The molecule has 20 heavy (non-hydrogen) atoms. The number of hydrogen-bond donors (Lipinski definition) is 1. The third-order valence-electron chi connectivity index (χ3n) is 3.76. The lowest BCUT2D eigenvalue weighted by molar-refractivity contribution is 0.396. The molecular formula is C17H23NOS. The maximum atomic E-state index is 5.67. The first kappa shape index (κ1) is 15.1. The first-order chi connectivity index (χ1) is 9.67. The van der Waals surface area contributed by atoms with Crippen molar-refractivity contribution in [2.75, 3.05) is 13.7 Å². The Morgan fingerprint density at radius 3 is 2.65 bits per heavy atom. The smallest absolute Gasteiger partial charge is 0.126 e. The van der Waals surface area contributed by atoms with Crippen molar-refractivity contribution in [3.8, 4) is 5.75 Å². The molecule has 2 rings (SSSR count). The summed E-state index contributed by atoms with van der Waals surface area (Å²) in [6.07, 6.45) is 0.996. The van der Waals surface area contributed by atoms with Gasteiger partial charge in [0, 0.05) is 11.6 Å². The third-order valence-corrected chi connectivity index (χ3v) is 4.49. The Kier molecular flexibility index (Phi) is 5.21. The quantitative estimate of drug-likeness (QED) is 0.857. The Bertz CT molecular complexity index is 548. The van der Waals surface area contributed by atoms with Crippen LogP contribution in [0, 0.1) is 13.8 Å². The Hall–Kier alpha value is -1.32. The first-order valence-electron chi connectivity index (χ1n) is 7.05. The van der Waals surface area contributed by atoms with E-state index in [0.717, 1.165) is 18.7 Å². The average Bonchev–Trinajstić information content (AvgIpc) is 2.94. The van der Waals surface area contributed by atoms with Crippen molar-refractivity contribution < 1.29 is 4.74 Å². The topological polar surface area (TPSA) is 21.3 Å². The van der Waals surface area contributed by atoms with Gasteiger partial charge in [-0.15, -0.1) is 0 Å². The minimum atomic E-state index is 0.295. The number of benzene rings is 1. The molecule has 2 nitrogen and oxygen atoms in total. The number of methoxy groups -OCH3 is 1. The van der Waals surface area contributed by atoms with Gasteiger partial charge < -0.3 is 10.1 Å². The normalized spacial score (nSPS) is 12.4. The highest BCUT2D eigenvalue weighted by atomic mass is 32.1. The van der Waals surface area contributed by atoms with Crippen LogP contribution in [0.1, 0.15) is 35.2 Å². The fraction of sp³-hybridized carbons (Fsp3) is 0.412. The fourth-order valence-electron chi connectivity index (χ4n) is 2.54. The summed E-state index contributed by atoms with van der Waals surface area (Å²) in [6.45, 7) is 7.35. The third kappa shape index (κ3) is 3.22. The summed E-state index contributed by atoms with van der Waals surface area (Å²) >= 11 is 1.75. The largest absolute Gasteiger partial charge is 0.496 e. The molecule has 0 bridgehead atoms. The SMILES string of the molecule is CCNC(Cc1ccsc1)c1ccc(C)c(C)c1OC. The number of thiophene rings is 1. The van der Waals surface area contributed by atoms with Crippen molar-refractivity contribution in [3.05, 3.63) is 51.2 Å². The van der Waals surface area contributed by atoms with Gasteiger partial charge in [-0.2, -0.15) is 11.3 Å². The van der Waals surface area contributed by atoms with E-state index >= 15 is 0 Å². The van der Waals surface area contributed by atoms with E-state index in [1.165, 1.54) is 22.3 Å². The van der Waals surface area contributed by atoms with E-state index in [9.17, 15) is 0 Å². The predicted molar refractivity (Wildman–Crippen MR) is 86.9 cm³/mol. The van der Waals surface area contributed by atoms with E-state index in [4.69, 9.17) is 4.74 Å². The van der Waals surface area contributed by atoms with Gasteiger partial charge in [0.25, 0.3) is 0 Å². The zero-order valence-corrected chi connectivity index (χ0v) is 13.5. The lowest BCUT2D eigenvalue weighted by atomic mass is 9.95. The lowest BCUT2D eigenvalue weighted by Crippen LogP contribution is -2.23. The van der Waals surface area contributed by atoms with Crippen molar-refractivity contribution in [1.29, 1.82) is 0 Å². The maximum absolute atomic E-state index is 5.67. The molecule has 0 radical (unpaired) electrons. The highest BCUT2D eigenvalue weighted by molar-refractivity contribution is 7.07. The Balaban J connectivity index is 2.36. The van der Waals surface area contributed by atoms with Crippen LogP contribution >= 0.6 is 11.3 Å². The van der Waals surface area contributed by atoms with Crippen LogP contribution in [-0.2, 0) is 6.42 Å². The molecule has 0 fully saturated rings. The maximum Gasteiger partial charge on any atom is 0.126 e. The fourth-order valence-corrected chi connectivity index (χ4v) is 3.22. The summed E-state index contributed by atoms with van der Waals surface area (Å²) in [5, 5.41) is 7.94. The molecule has 0 spiro atoms. The molecule has 1 atom stereocenters. The summed E-state index contributed by atoms with van der Waals surface area (Å²) in [5.74, 6) is 1.02. The summed E-state index contributed by atoms with van der Waals surface area (Å²) in [7, 11) is 1.76. The van der Waals surface area contributed by atoms with Crippen LogP contribution in [0.5, 0.6) is 5.75 Å². The van der Waals surface area contributed by atoms with Gasteiger partial charge in [-0.3, -0.25) is 0 Å². The van der Waals surface area contributed by atoms with Crippen LogP contribution in [0.15, 0.2) is 29.0 Å². The van der Waals surface area contributed by atoms with Gasteiger partial charge in [-0.1, -0.05) is 19.1 Å². The van der Waals surface area contributed by atoms with Crippen LogP contribution in [0.2, 0.25) is 0 Å². The molecule has 2 aromatic rings. The Labute approximate surface area is 125 Å². The number of nitrogens with one attached hydrogen (secondary N) is 1. The van der Waals surface area contributed by atoms with E-state index in [0.29, 0.717) is 6.04 Å². The van der Waals surface area contributed by atoms with E-state index in [2.05, 4.69) is 55.0 Å². The molecule has 1 aromatic heterocycles. The summed E-state index contributed by atoms with van der Waals surface area (Å²) in [6, 6.07) is 6.87. The molecule has 0 amide bonds. The van der Waals surface area contributed by atoms with Crippen molar-refractivity contribution in [2.45, 2.75) is 33.2 Å². The predicted octanol–water partition coefficient (Wildman–Crippen LogP) is 4.27. The Morgan fingerprint density at radius 1 is 1.25 bits per heavy atom. The highest BCUT2D eigenvalue weighted by Gasteiger charge is 2.18. The molecule has 108 valence electrons. The second kappa shape index (κ2) is 6.91. The second-order valence-corrected chi connectivity index (χ2v) is 5.86. The molecule has 1 aromatic carbocycles. The first-order valence-corrected chi connectivity index (χ1v) is 8.00. The van der Waals surface area contributed by atoms with Gasteiger partial charge in [-0.05, 0) is 60.3 Å². The minimum Gasteiger partial charge on any atom is -0.496 e. The van der Waals surface area contributed by atoms with E-state index in [1.54, 1.807) is 18.4 Å². The summed E-state index contributed by atoms with van der Waals surface area (Å²) in [4.78, 5) is 0. The molecule has 0 saturated heterocycles. The molecule has 0 saturated carbocycles. The highest BCUT2D eigenvalue weighted by Crippen LogP contribution is 2.32. The van der Waals surface area contributed by atoms with Crippen LogP contribution in [0.25, 0.3) is 0 Å². The van der Waals surface area contributed by atoms with Gasteiger partial charge in [0.1, 0.15) is 5.75 Å². The molecule has 1 unspecified atom stereocenters. The van der Waals surface area contributed by atoms with Crippen molar-refractivity contribution in [3.63, 3.8) is 0 Å². The van der Waals surface area contributed by atoms with Crippen LogP contribution in [0.4, 0.5) is 0 Å².